The Balaban J connectivity index is 2.16. The Bertz CT molecular complexity index is 567. The van der Waals surface area contributed by atoms with Gasteiger partial charge < -0.3 is 10.1 Å². The molecule has 1 N–H and O–H groups in total. The Morgan fingerprint density at radius 3 is 2.80 bits per heavy atom. The van der Waals surface area contributed by atoms with Crippen molar-refractivity contribution >= 4 is 29.3 Å². The maximum Gasteiger partial charge on any atom is 0.276 e. The van der Waals surface area contributed by atoms with Gasteiger partial charge in [-0.1, -0.05) is 26.0 Å². The predicted octanol–water partition coefficient (Wildman–Crippen LogP) is 2.41. The Morgan fingerprint density at radius 2 is 2.20 bits per heavy atom. The third-order valence-electron chi connectivity index (χ3n) is 2.83. The van der Waals surface area contributed by atoms with E-state index >= 15 is 0 Å². The predicted molar refractivity (Wildman–Crippen MR) is 83.3 cm³/mol. The van der Waals surface area contributed by atoms with Crippen LogP contribution in [0.25, 0.3) is 6.08 Å². The number of nitrogens with zero attached hydrogens (tertiary/aromatic N) is 1. The number of hydrogen-bond donors (Lipinski definition) is 1. The molecule has 0 saturated carbocycles. The molecule has 0 unspecified atom stereocenters. The van der Waals surface area contributed by atoms with Crippen molar-refractivity contribution in [2.45, 2.75) is 13.8 Å². The van der Waals surface area contributed by atoms with Gasteiger partial charge in [-0.25, -0.2) is 0 Å². The lowest BCUT2D eigenvalue weighted by Crippen LogP contribution is -2.25. The molecule has 20 heavy (non-hydrogen) atoms. The average Bonchev–Trinajstić information content (AvgIpc) is 2.65. The lowest BCUT2D eigenvalue weighted by atomic mass is 10.1. The number of thiocarbonyl (C=S) groups is 1. The van der Waals surface area contributed by atoms with Gasteiger partial charge in [0.05, 0.1) is 6.61 Å². The molecule has 0 spiro atoms. The quantitative estimate of drug-likeness (QED) is 0.683. The summed E-state index contributed by atoms with van der Waals surface area (Å²) in [6.45, 7) is 4.87. The van der Waals surface area contributed by atoms with Crippen LogP contribution >= 0.6 is 12.2 Å². The van der Waals surface area contributed by atoms with E-state index in [4.69, 9.17) is 17.0 Å². The van der Waals surface area contributed by atoms with Crippen molar-refractivity contribution in [1.82, 2.24) is 10.2 Å². The number of rotatable bonds is 4. The molecule has 0 radical (unpaired) electrons. The van der Waals surface area contributed by atoms with Crippen LogP contribution in [0.4, 0.5) is 0 Å². The number of carbonyl (C=O) groups excluding carboxylic acids is 1. The van der Waals surface area contributed by atoms with Crippen LogP contribution in [-0.4, -0.2) is 29.6 Å². The van der Waals surface area contributed by atoms with Gasteiger partial charge in [-0.2, -0.15) is 0 Å². The standard InChI is InChI=1S/C15H18N2O2S/c1-10(2)9-19-12-6-4-5-11(7-12)8-13-14(18)17(3)15(20)16-13/h4-8,10H,9H2,1-3H3,(H,16,20)/b13-8+. The molecule has 2 rings (SSSR count). The van der Waals surface area contributed by atoms with Crippen molar-refractivity contribution in [3.8, 4) is 5.75 Å². The molecule has 1 aliphatic heterocycles. The fourth-order valence-electron chi connectivity index (χ4n) is 1.75. The molecule has 4 nitrogen and oxygen atoms in total. The second-order valence-corrected chi connectivity index (χ2v) is 5.52. The van der Waals surface area contributed by atoms with Crippen molar-refractivity contribution in [1.29, 1.82) is 0 Å². The second-order valence-electron chi connectivity index (χ2n) is 5.13. The SMILES string of the molecule is CC(C)COc1cccc(/C=C2/NC(=S)N(C)C2=O)c1. The van der Waals surface area contributed by atoms with Crippen LogP contribution in [0.3, 0.4) is 0 Å². The van der Waals surface area contributed by atoms with Gasteiger partial charge in [-0.05, 0) is 41.9 Å². The maximum absolute atomic E-state index is 11.9. The largest absolute Gasteiger partial charge is 0.493 e. The Hall–Kier alpha value is -1.88. The summed E-state index contributed by atoms with van der Waals surface area (Å²) < 4.78 is 5.67. The zero-order valence-corrected chi connectivity index (χ0v) is 12.7. The van der Waals surface area contributed by atoms with Gasteiger partial charge in [0.15, 0.2) is 5.11 Å². The summed E-state index contributed by atoms with van der Waals surface area (Å²) in [6.07, 6.45) is 1.78. The molecule has 5 heteroatoms. The third-order valence-corrected chi connectivity index (χ3v) is 3.21. The number of likely N-dealkylation sites (N-methyl/N-ethyl adjacent to an activating group) is 1. The topological polar surface area (TPSA) is 41.6 Å². The molecule has 106 valence electrons. The van der Waals surface area contributed by atoms with Crippen molar-refractivity contribution in [2.75, 3.05) is 13.7 Å². The molecule has 1 amide bonds. The Morgan fingerprint density at radius 1 is 1.45 bits per heavy atom. The Kier molecular flexibility index (Phi) is 4.39. The van der Waals surface area contributed by atoms with Crippen LogP contribution in [0.5, 0.6) is 5.75 Å². The minimum absolute atomic E-state index is 0.122. The molecule has 0 atom stereocenters. The smallest absolute Gasteiger partial charge is 0.276 e. The molecular weight excluding hydrogens is 272 g/mol. The van der Waals surface area contributed by atoms with Gasteiger partial charge in [0.2, 0.25) is 0 Å². The monoisotopic (exact) mass is 290 g/mol. The highest BCUT2D eigenvalue weighted by Crippen LogP contribution is 2.18. The van der Waals surface area contributed by atoms with Gasteiger partial charge in [-0.3, -0.25) is 9.69 Å². The van der Waals surface area contributed by atoms with E-state index in [2.05, 4.69) is 19.2 Å². The molecule has 1 aromatic carbocycles. The zero-order chi connectivity index (χ0) is 14.7. The highest BCUT2D eigenvalue weighted by molar-refractivity contribution is 7.80. The van der Waals surface area contributed by atoms with Gasteiger partial charge in [0, 0.05) is 7.05 Å². The molecule has 0 aliphatic carbocycles. The molecule has 1 heterocycles. The lowest BCUT2D eigenvalue weighted by Gasteiger charge is -2.09. The summed E-state index contributed by atoms with van der Waals surface area (Å²) in [5.74, 6) is 1.15. The normalized spacial score (nSPS) is 17.0. The van der Waals surface area contributed by atoms with E-state index in [1.807, 2.05) is 24.3 Å². The van der Waals surface area contributed by atoms with Crippen LogP contribution in [0.15, 0.2) is 30.0 Å². The van der Waals surface area contributed by atoms with Crippen LogP contribution in [-0.2, 0) is 4.79 Å². The molecule has 0 bridgehead atoms. The molecule has 1 fully saturated rings. The molecule has 1 saturated heterocycles. The summed E-state index contributed by atoms with van der Waals surface area (Å²) in [5.41, 5.74) is 1.39. The van der Waals surface area contributed by atoms with Gasteiger partial charge >= 0.3 is 0 Å². The number of amides is 1. The van der Waals surface area contributed by atoms with E-state index in [1.54, 1.807) is 13.1 Å². The van der Waals surface area contributed by atoms with Crippen molar-refractivity contribution in [2.24, 2.45) is 5.92 Å². The molecule has 0 aromatic heterocycles. The van der Waals surface area contributed by atoms with Crippen molar-refractivity contribution < 1.29 is 9.53 Å². The van der Waals surface area contributed by atoms with Gasteiger partial charge in [0.25, 0.3) is 5.91 Å². The average molecular weight is 290 g/mol. The van der Waals surface area contributed by atoms with Crippen LogP contribution in [0.1, 0.15) is 19.4 Å². The first-order valence-electron chi connectivity index (χ1n) is 6.51. The maximum atomic E-state index is 11.9. The van der Waals surface area contributed by atoms with E-state index in [9.17, 15) is 4.79 Å². The number of carbonyl (C=O) groups is 1. The summed E-state index contributed by atoms with van der Waals surface area (Å²) in [4.78, 5) is 13.3. The zero-order valence-electron chi connectivity index (χ0n) is 11.8. The first-order valence-corrected chi connectivity index (χ1v) is 6.92. The van der Waals surface area contributed by atoms with E-state index in [1.165, 1.54) is 4.90 Å². The Labute approximate surface area is 124 Å². The van der Waals surface area contributed by atoms with Crippen molar-refractivity contribution in [3.05, 3.63) is 35.5 Å². The molecular formula is C15H18N2O2S. The number of ether oxygens (including phenoxy) is 1. The van der Waals surface area contributed by atoms with Crippen LogP contribution < -0.4 is 10.1 Å². The van der Waals surface area contributed by atoms with Crippen LogP contribution in [0.2, 0.25) is 0 Å². The van der Waals surface area contributed by atoms with Gasteiger partial charge in [0.1, 0.15) is 11.4 Å². The lowest BCUT2D eigenvalue weighted by molar-refractivity contribution is -0.121. The third kappa shape index (κ3) is 3.36. The first kappa shape index (κ1) is 14.5. The minimum Gasteiger partial charge on any atom is -0.493 e. The summed E-state index contributed by atoms with van der Waals surface area (Å²) >= 11 is 5.04. The highest BCUT2D eigenvalue weighted by Gasteiger charge is 2.26. The van der Waals surface area contributed by atoms with E-state index in [0.717, 1.165) is 11.3 Å². The van der Waals surface area contributed by atoms with E-state index in [0.29, 0.717) is 23.3 Å². The summed E-state index contributed by atoms with van der Waals surface area (Å²) in [6, 6.07) is 7.64. The molecule has 1 aliphatic rings. The minimum atomic E-state index is -0.122. The summed E-state index contributed by atoms with van der Waals surface area (Å²) in [7, 11) is 1.65. The number of benzene rings is 1. The first-order chi connectivity index (χ1) is 9.47. The highest BCUT2D eigenvalue weighted by atomic mass is 32.1. The van der Waals surface area contributed by atoms with Crippen molar-refractivity contribution in [3.63, 3.8) is 0 Å². The second kappa shape index (κ2) is 6.05. The fourth-order valence-corrected chi connectivity index (χ4v) is 1.94. The van der Waals surface area contributed by atoms with Gasteiger partial charge in [-0.15, -0.1) is 0 Å². The van der Waals surface area contributed by atoms with Crippen LogP contribution in [0, 0.1) is 5.92 Å². The number of nitrogens with one attached hydrogen (secondary N) is 1. The van der Waals surface area contributed by atoms with E-state index in [-0.39, 0.29) is 5.91 Å². The number of hydrogen-bond acceptors (Lipinski definition) is 3. The summed E-state index contributed by atoms with van der Waals surface area (Å²) in [5, 5.41) is 3.32. The van der Waals surface area contributed by atoms with E-state index < -0.39 is 0 Å². The fraction of sp³-hybridized carbons (Fsp3) is 0.333. The molecule has 1 aromatic rings.